The summed E-state index contributed by atoms with van der Waals surface area (Å²) in [6, 6.07) is 3.93. The Hall–Kier alpha value is -1.56. The summed E-state index contributed by atoms with van der Waals surface area (Å²) >= 11 is 0. The zero-order valence-corrected chi connectivity index (χ0v) is 11.1. The van der Waals surface area contributed by atoms with Gasteiger partial charge in [-0.3, -0.25) is 4.79 Å². The van der Waals surface area contributed by atoms with Gasteiger partial charge in [0.15, 0.2) is 0 Å². The SMILES string of the molecule is CNC(C)Cc1cccc(C(F)(F)F)c1NC(C)=O. The van der Waals surface area contributed by atoms with Crippen LogP contribution in [0.1, 0.15) is 25.0 Å². The van der Waals surface area contributed by atoms with E-state index in [1.807, 2.05) is 6.92 Å². The van der Waals surface area contributed by atoms with Crippen molar-refractivity contribution in [3.63, 3.8) is 0 Å². The molecule has 106 valence electrons. The molecule has 0 saturated carbocycles. The van der Waals surface area contributed by atoms with E-state index in [4.69, 9.17) is 0 Å². The summed E-state index contributed by atoms with van der Waals surface area (Å²) in [5.41, 5.74) is -0.500. The van der Waals surface area contributed by atoms with Crippen LogP contribution in [0.4, 0.5) is 18.9 Å². The lowest BCUT2D eigenvalue weighted by Gasteiger charge is -2.19. The van der Waals surface area contributed by atoms with Crippen molar-refractivity contribution in [1.82, 2.24) is 5.32 Å². The smallest absolute Gasteiger partial charge is 0.326 e. The van der Waals surface area contributed by atoms with Crippen LogP contribution >= 0.6 is 0 Å². The number of hydrogen-bond donors (Lipinski definition) is 2. The summed E-state index contributed by atoms with van der Waals surface area (Å²) in [7, 11) is 1.73. The van der Waals surface area contributed by atoms with Gasteiger partial charge in [-0.1, -0.05) is 12.1 Å². The number of alkyl halides is 3. The van der Waals surface area contributed by atoms with E-state index in [9.17, 15) is 18.0 Å². The van der Waals surface area contributed by atoms with Gasteiger partial charge in [0.25, 0.3) is 0 Å². The van der Waals surface area contributed by atoms with Crippen LogP contribution < -0.4 is 10.6 Å². The molecule has 0 bridgehead atoms. The van der Waals surface area contributed by atoms with Crippen LogP contribution in [0.5, 0.6) is 0 Å². The summed E-state index contributed by atoms with van der Waals surface area (Å²) in [6.07, 6.45) is -4.09. The van der Waals surface area contributed by atoms with Crippen molar-refractivity contribution in [3.05, 3.63) is 29.3 Å². The fourth-order valence-corrected chi connectivity index (χ4v) is 1.76. The van der Waals surface area contributed by atoms with E-state index in [2.05, 4.69) is 10.6 Å². The molecule has 0 aliphatic heterocycles. The Balaban J connectivity index is 3.26. The molecule has 0 fully saturated rings. The van der Waals surface area contributed by atoms with Gasteiger partial charge in [0.2, 0.25) is 5.91 Å². The standard InChI is InChI=1S/C13H17F3N2O/c1-8(17-3)7-10-5-4-6-11(13(14,15)16)12(10)18-9(2)19/h4-6,8,17H,7H2,1-3H3,(H,18,19). The molecule has 0 aliphatic carbocycles. The van der Waals surface area contributed by atoms with Crippen molar-refractivity contribution in [2.45, 2.75) is 32.5 Å². The largest absolute Gasteiger partial charge is 0.418 e. The van der Waals surface area contributed by atoms with Crippen molar-refractivity contribution in [2.75, 3.05) is 12.4 Å². The fourth-order valence-electron chi connectivity index (χ4n) is 1.76. The monoisotopic (exact) mass is 274 g/mol. The zero-order valence-electron chi connectivity index (χ0n) is 11.1. The summed E-state index contributed by atoms with van der Waals surface area (Å²) in [4.78, 5) is 11.1. The van der Waals surface area contributed by atoms with E-state index in [1.54, 1.807) is 13.1 Å². The van der Waals surface area contributed by atoms with Gasteiger partial charge in [-0.15, -0.1) is 0 Å². The molecule has 1 amide bonds. The number of likely N-dealkylation sites (N-methyl/N-ethyl adjacent to an activating group) is 1. The van der Waals surface area contributed by atoms with Crippen molar-refractivity contribution in [1.29, 1.82) is 0 Å². The predicted molar refractivity (Wildman–Crippen MR) is 68.0 cm³/mol. The number of amides is 1. The number of carbonyl (C=O) groups is 1. The van der Waals surface area contributed by atoms with E-state index in [-0.39, 0.29) is 11.7 Å². The molecule has 1 aromatic carbocycles. The van der Waals surface area contributed by atoms with Crippen LogP contribution in [0.25, 0.3) is 0 Å². The Morgan fingerprint density at radius 1 is 1.37 bits per heavy atom. The van der Waals surface area contributed by atoms with E-state index >= 15 is 0 Å². The number of hydrogen-bond acceptors (Lipinski definition) is 2. The topological polar surface area (TPSA) is 41.1 Å². The highest BCUT2D eigenvalue weighted by atomic mass is 19.4. The average Bonchev–Trinajstić information content (AvgIpc) is 2.29. The summed E-state index contributed by atoms with van der Waals surface area (Å²) in [5, 5.41) is 5.25. The molecule has 0 radical (unpaired) electrons. The molecular formula is C13H17F3N2O. The number of benzene rings is 1. The minimum Gasteiger partial charge on any atom is -0.326 e. The highest BCUT2D eigenvalue weighted by molar-refractivity contribution is 5.90. The molecule has 3 nitrogen and oxygen atoms in total. The van der Waals surface area contributed by atoms with Crippen LogP contribution in [0.2, 0.25) is 0 Å². The lowest BCUT2D eigenvalue weighted by atomic mass is 10.0. The van der Waals surface area contributed by atoms with E-state index < -0.39 is 17.6 Å². The maximum absolute atomic E-state index is 12.9. The Morgan fingerprint density at radius 2 is 2.00 bits per heavy atom. The third-order valence-electron chi connectivity index (χ3n) is 2.78. The minimum absolute atomic E-state index is 0.0102. The molecule has 0 aliphatic rings. The van der Waals surface area contributed by atoms with Gasteiger partial charge < -0.3 is 10.6 Å². The Bertz CT molecular complexity index is 458. The number of carbonyl (C=O) groups excluding carboxylic acids is 1. The fraction of sp³-hybridized carbons (Fsp3) is 0.462. The van der Waals surface area contributed by atoms with Crippen molar-refractivity contribution in [2.24, 2.45) is 0 Å². The third kappa shape index (κ3) is 4.24. The van der Waals surface area contributed by atoms with Crippen molar-refractivity contribution < 1.29 is 18.0 Å². The van der Waals surface area contributed by atoms with Gasteiger partial charge in [-0.25, -0.2) is 0 Å². The zero-order chi connectivity index (χ0) is 14.6. The lowest BCUT2D eigenvalue weighted by Crippen LogP contribution is -2.25. The number of anilines is 1. The second kappa shape index (κ2) is 6.06. The van der Waals surface area contributed by atoms with E-state index in [0.29, 0.717) is 12.0 Å². The van der Waals surface area contributed by atoms with Crippen LogP contribution in [-0.4, -0.2) is 19.0 Å². The van der Waals surface area contributed by atoms with Crippen molar-refractivity contribution >= 4 is 11.6 Å². The van der Waals surface area contributed by atoms with Crippen LogP contribution in [0, 0.1) is 0 Å². The first-order valence-corrected chi connectivity index (χ1v) is 5.89. The predicted octanol–water partition coefficient (Wildman–Crippen LogP) is 2.81. The van der Waals surface area contributed by atoms with Gasteiger partial charge in [-0.05, 0) is 32.0 Å². The lowest BCUT2D eigenvalue weighted by molar-refractivity contribution is -0.137. The maximum Gasteiger partial charge on any atom is 0.418 e. The molecule has 1 aromatic rings. The first kappa shape index (κ1) is 15.5. The summed E-state index contributed by atoms with van der Waals surface area (Å²) in [5.74, 6) is -0.518. The quantitative estimate of drug-likeness (QED) is 0.886. The average molecular weight is 274 g/mol. The molecule has 0 aromatic heterocycles. The Morgan fingerprint density at radius 3 is 2.47 bits per heavy atom. The first-order valence-electron chi connectivity index (χ1n) is 5.89. The van der Waals surface area contributed by atoms with E-state index in [1.165, 1.54) is 13.0 Å². The number of nitrogens with one attached hydrogen (secondary N) is 2. The van der Waals surface area contributed by atoms with Gasteiger partial charge in [0.1, 0.15) is 0 Å². The minimum atomic E-state index is -4.49. The third-order valence-corrected chi connectivity index (χ3v) is 2.78. The number of para-hydroxylation sites is 1. The molecule has 0 spiro atoms. The first-order chi connectivity index (χ1) is 8.75. The van der Waals surface area contributed by atoms with Crippen LogP contribution in [-0.2, 0) is 17.4 Å². The molecular weight excluding hydrogens is 257 g/mol. The second-order valence-electron chi connectivity index (χ2n) is 4.41. The second-order valence-corrected chi connectivity index (χ2v) is 4.41. The molecule has 0 saturated heterocycles. The van der Waals surface area contributed by atoms with Gasteiger partial charge in [-0.2, -0.15) is 13.2 Å². The normalized spacial score (nSPS) is 13.2. The molecule has 6 heteroatoms. The molecule has 2 N–H and O–H groups in total. The number of rotatable bonds is 4. The molecule has 1 unspecified atom stereocenters. The molecule has 19 heavy (non-hydrogen) atoms. The van der Waals surface area contributed by atoms with Crippen LogP contribution in [0.3, 0.4) is 0 Å². The highest BCUT2D eigenvalue weighted by Crippen LogP contribution is 2.37. The van der Waals surface area contributed by atoms with Crippen molar-refractivity contribution in [3.8, 4) is 0 Å². The molecule has 1 rings (SSSR count). The summed E-state index contributed by atoms with van der Waals surface area (Å²) < 4.78 is 38.8. The summed E-state index contributed by atoms with van der Waals surface area (Å²) in [6.45, 7) is 3.05. The highest BCUT2D eigenvalue weighted by Gasteiger charge is 2.34. The Kier molecular flexibility index (Phi) is 4.94. The van der Waals surface area contributed by atoms with Gasteiger partial charge in [0, 0.05) is 13.0 Å². The molecule has 0 heterocycles. The van der Waals surface area contributed by atoms with Crippen LogP contribution in [0.15, 0.2) is 18.2 Å². The van der Waals surface area contributed by atoms with Gasteiger partial charge >= 0.3 is 6.18 Å². The maximum atomic E-state index is 12.9. The Labute approximate surface area is 110 Å². The molecule has 1 atom stereocenters. The van der Waals surface area contributed by atoms with Gasteiger partial charge in [0.05, 0.1) is 11.3 Å². The number of halogens is 3. The van der Waals surface area contributed by atoms with E-state index in [0.717, 1.165) is 6.07 Å².